The van der Waals surface area contributed by atoms with Crippen LogP contribution < -0.4 is 14.5 Å². The minimum absolute atomic E-state index is 0.138. The normalized spacial score (nSPS) is 19.3. The number of fused-ring (bicyclic) bond motifs is 1. The van der Waals surface area contributed by atoms with Crippen LogP contribution in [0.15, 0.2) is 60.0 Å². The summed E-state index contributed by atoms with van der Waals surface area (Å²) in [4.78, 5) is 49.0. The highest BCUT2D eigenvalue weighted by molar-refractivity contribution is 7.09. The zero-order chi connectivity index (χ0) is 27.6. The average molecular weight is 559 g/mol. The lowest BCUT2D eigenvalue weighted by Crippen LogP contribution is -2.52. The molecule has 1 unspecified atom stereocenters. The molecular formula is C31H34N4O4S. The maximum atomic E-state index is 13.7. The van der Waals surface area contributed by atoms with E-state index in [1.54, 1.807) is 6.07 Å². The summed E-state index contributed by atoms with van der Waals surface area (Å²) in [5.74, 6) is 0.424. The van der Waals surface area contributed by atoms with Crippen molar-refractivity contribution in [3.63, 3.8) is 0 Å². The van der Waals surface area contributed by atoms with E-state index < -0.39 is 0 Å². The number of nitrogens with zero attached hydrogens (tertiary/aromatic N) is 4. The van der Waals surface area contributed by atoms with Gasteiger partial charge in [0.1, 0.15) is 5.75 Å². The zero-order valence-electron chi connectivity index (χ0n) is 22.8. The largest absolute Gasteiger partial charge is 0.492 e. The van der Waals surface area contributed by atoms with Crippen LogP contribution in [0, 0.1) is 5.92 Å². The van der Waals surface area contributed by atoms with E-state index in [4.69, 9.17) is 4.74 Å². The molecule has 0 radical (unpaired) electrons. The Bertz CT molecular complexity index is 1400. The molecule has 8 nitrogen and oxygen atoms in total. The second-order valence-electron chi connectivity index (χ2n) is 10.5. The van der Waals surface area contributed by atoms with Gasteiger partial charge in [-0.25, -0.2) is 0 Å². The molecule has 208 valence electrons. The number of thiophene rings is 1. The van der Waals surface area contributed by atoms with Crippen molar-refractivity contribution in [2.24, 2.45) is 5.92 Å². The standard InChI is InChI=1S/C31H34N4O4S/c1-2-39-27-13-4-3-11-25(27)32-15-17-33(18-16-32)29(36)22-8-6-14-34(20-22)26-12-5-10-24-28(26)31(38)35(30(24)37)21-23-9-7-19-40-23/h3-5,7,9-13,19,22H,2,6,8,14-18,20-21H2,1H3. The van der Waals surface area contributed by atoms with Gasteiger partial charge in [-0.1, -0.05) is 24.3 Å². The first kappa shape index (κ1) is 26.4. The smallest absolute Gasteiger partial charge is 0.264 e. The summed E-state index contributed by atoms with van der Waals surface area (Å²) in [5.41, 5.74) is 2.76. The molecule has 40 heavy (non-hydrogen) atoms. The molecule has 4 heterocycles. The van der Waals surface area contributed by atoms with Crippen molar-refractivity contribution in [3.8, 4) is 5.75 Å². The molecule has 6 rings (SSSR count). The third-order valence-corrected chi connectivity index (χ3v) is 8.94. The Balaban J connectivity index is 1.13. The second kappa shape index (κ2) is 11.3. The number of piperazine rings is 1. The Labute approximate surface area is 238 Å². The highest BCUT2D eigenvalue weighted by Gasteiger charge is 2.40. The molecular weight excluding hydrogens is 524 g/mol. The summed E-state index contributed by atoms with van der Waals surface area (Å²) >= 11 is 1.54. The molecule has 0 N–H and O–H groups in total. The van der Waals surface area contributed by atoms with E-state index in [9.17, 15) is 14.4 Å². The number of anilines is 2. The zero-order valence-corrected chi connectivity index (χ0v) is 23.6. The minimum atomic E-state index is -0.249. The minimum Gasteiger partial charge on any atom is -0.492 e. The number of para-hydroxylation sites is 2. The van der Waals surface area contributed by atoms with Gasteiger partial charge in [-0.05, 0) is 55.5 Å². The van der Waals surface area contributed by atoms with Gasteiger partial charge in [-0.3, -0.25) is 19.3 Å². The van der Waals surface area contributed by atoms with Crippen LogP contribution in [0.2, 0.25) is 0 Å². The fourth-order valence-corrected chi connectivity index (χ4v) is 6.79. The maximum absolute atomic E-state index is 13.7. The van der Waals surface area contributed by atoms with E-state index in [2.05, 4.69) is 15.9 Å². The van der Waals surface area contributed by atoms with Crippen molar-refractivity contribution < 1.29 is 19.1 Å². The van der Waals surface area contributed by atoms with Gasteiger partial charge in [0.2, 0.25) is 5.91 Å². The predicted molar refractivity (Wildman–Crippen MR) is 156 cm³/mol. The molecule has 1 aromatic heterocycles. The van der Waals surface area contributed by atoms with Crippen molar-refractivity contribution in [2.45, 2.75) is 26.3 Å². The number of piperidine rings is 1. The van der Waals surface area contributed by atoms with Crippen molar-refractivity contribution in [1.82, 2.24) is 9.80 Å². The van der Waals surface area contributed by atoms with Crippen molar-refractivity contribution in [1.29, 1.82) is 0 Å². The van der Waals surface area contributed by atoms with Gasteiger partial charge < -0.3 is 19.4 Å². The van der Waals surface area contributed by atoms with Crippen LogP contribution in [0.4, 0.5) is 11.4 Å². The summed E-state index contributed by atoms with van der Waals surface area (Å²) in [6, 6.07) is 17.4. The Kier molecular flexibility index (Phi) is 7.47. The number of hydrogen-bond acceptors (Lipinski definition) is 7. The van der Waals surface area contributed by atoms with Crippen LogP contribution in [0.1, 0.15) is 45.4 Å². The number of rotatable bonds is 7. The van der Waals surface area contributed by atoms with Crippen molar-refractivity contribution in [3.05, 3.63) is 76.0 Å². The molecule has 2 saturated heterocycles. The van der Waals surface area contributed by atoms with E-state index in [1.807, 2.05) is 59.7 Å². The van der Waals surface area contributed by atoms with Crippen LogP contribution in [0.5, 0.6) is 5.75 Å². The number of ether oxygens (including phenoxy) is 1. The number of carbonyl (C=O) groups is 3. The molecule has 2 fully saturated rings. The van der Waals surface area contributed by atoms with Crippen LogP contribution >= 0.6 is 11.3 Å². The molecule has 3 aliphatic heterocycles. The average Bonchev–Trinajstić information content (AvgIpc) is 3.60. The highest BCUT2D eigenvalue weighted by atomic mass is 32.1. The molecule has 0 spiro atoms. The molecule has 3 aliphatic rings. The second-order valence-corrected chi connectivity index (χ2v) is 11.5. The van der Waals surface area contributed by atoms with E-state index >= 15 is 0 Å². The summed E-state index contributed by atoms with van der Waals surface area (Å²) < 4.78 is 5.82. The summed E-state index contributed by atoms with van der Waals surface area (Å²) in [6.07, 6.45) is 1.69. The Morgan fingerprint density at radius 1 is 0.900 bits per heavy atom. The number of imide groups is 1. The molecule has 3 aromatic rings. The molecule has 9 heteroatoms. The van der Waals surface area contributed by atoms with Gasteiger partial charge in [0.25, 0.3) is 11.8 Å². The van der Waals surface area contributed by atoms with Crippen LogP contribution in [-0.2, 0) is 11.3 Å². The summed E-state index contributed by atoms with van der Waals surface area (Å²) in [6.45, 7) is 7.05. The Morgan fingerprint density at radius 2 is 1.70 bits per heavy atom. The van der Waals surface area contributed by atoms with E-state index in [0.29, 0.717) is 37.4 Å². The van der Waals surface area contributed by atoms with Gasteiger partial charge in [0.15, 0.2) is 0 Å². The molecule has 0 saturated carbocycles. The van der Waals surface area contributed by atoms with Gasteiger partial charge in [0.05, 0.1) is 41.6 Å². The quantitative estimate of drug-likeness (QED) is 0.398. The maximum Gasteiger partial charge on any atom is 0.264 e. The van der Waals surface area contributed by atoms with E-state index in [-0.39, 0.29) is 30.2 Å². The molecule has 3 amide bonds. The lowest BCUT2D eigenvalue weighted by Gasteiger charge is -2.40. The Morgan fingerprint density at radius 3 is 2.48 bits per heavy atom. The van der Waals surface area contributed by atoms with Gasteiger partial charge in [0, 0.05) is 44.1 Å². The van der Waals surface area contributed by atoms with E-state index in [0.717, 1.165) is 54.5 Å². The molecule has 0 aliphatic carbocycles. The first-order valence-electron chi connectivity index (χ1n) is 14.1. The highest BCUT2D eigenvalue weighted by Crippen LogP contribution is 2.35. The number of hydrogen-bond donors (Lipinski definition) is 0. The monoisotopic (exact) mass is 558 g/mol. The first-order valence-corrected chi connectivity index (χ1v) is 14.9. The van der Waals surface area contributed by atoms with E-state index in [1.165, 1.54) is 16.2 Å². The van der Waals surface area contributed by atoms with Crippen LogP contribution in [0.25, 0.3) is 0 Å². The van der Waals surface area contributed by atoms with Gasteiger partial charge in [-0.15, -0.1) is 11.3 Å². The summed E-state index contributed by atoms with van der Waals surface area (Å²) in [7, 11) is 0. The van der Waals surface area contributed by atoms with Gasteiger partial charge in [-0.2, -0.15) is 0 Å². The van der Waals surface area contributed by atoms with Crippen molar-refractivity contribution in [2.75, 3.05) is 55.7 Å². The van der Waals surface area contributed by atoms with Gasteiger partial charge >= 0.3 is 0 Å². The lowest BCUT2D eigenvalue weighted by atomic mass is 9.94. The van der Waals surface area contributed by atoms with Crippen molar-refractivity contribution >= 4 is 40.4 Å². The third-order valence-electron chi connectivity index (χ3n) is 8.08. The van der Waals surface area contributed by atoms with Crippen LogP contribution in [-0.4, -0.2) is 73.4 Å². The summed E-state index contributed by atoms with van der Waals surface area (Å²) in [5, 5.41) is 1.95. The molecule has 0 bridgehead atoms. The SMILES string of the molecule is CCOc1ccccc1N1CCN(C(=O)C2CCCN(c3cccc4c3C(=O)N(Cc3cccs3)C4=O)C2)CC1. The van der Waals surface area contributed by atoms with Crippen LogP contribution in [0.3, 0.4) is 0 Å². The molecule has 1 atom stereocenters. The third kappa shape index (κ3) is 4.94. The fraction of sp³-hybridized carbons (Fsp3) is 0.387. The predicted octanol–water partition coefficient (Wildman–Crippen LogP) is 4.51. The fourth-order valence-electron chi connectivity index (χ4n) is 6.10. The number of benzene rings is 2. The first-order chi connectivity index (χ1) is 19.5. The topological polar surface area (TPSA) is 73.4 Å². The Hall–Kier alpha value is -3.85. The lowest BCUT2D eigenvalue weighted by molar-refractivity contribution is -0.136. The number of carbonyl (C=O) groups excluding carboxylic acids is 3. The molecule has 2 aromatic carbocycles. The number of amides is 3.